The molecule has 0 radical (unpaired) electrons. The van der Waals surface area contributed by atoms with Crippen LogP contribution >= 0.6 is 0 Å². The van der Waals surface area contributed by atoms with E-state index in [-0.39, 0.29) is 12.2 Å². The van der Waals surface area contributed by atoms with Gasteiger partial charge in [-0.05, 0) is 82.5 Å². The van der Waals surface area contributed by atoms with Crippen LogP contribution in [-0.2, 0) is 21.3 Å². The van der Waals surface area contributed by atoms with Crippen molar-refractivity contribution >= 4 is 27.1 Å². The number of morpholine rings is 1. The summed E-state index contributed by atoms with van der Waals surface area (Å²) in [5, 5.41) is 3.06. The number of hydrogen-bond acceptors (Lipinski definition) is 5. The molecule has 170 valence electrons. The average Bonchev–Trinajstić information content (AvgIpc) is 2.69. The lowest BCUT2D eigenvalue weighted by atomic mass is 10.0. The van der Waals surface area contributed by atoms with Gasteiger partial charge < -0.3 is 15.0 Å². The lowest BCUT2D eigenvalue weighted by Gasteiger charge is -2.38. The highest BCUT2D eigenvalue weighted by atomic mass is 32.2. The number of nitrogens with zero attached hydrogens (tertiary/aromatic N) is 1. The molecule has 0 spiro atoms. The van der Waals surface area contributed by atoms with Gasteiger partial charge in [-0.15, -0.1) is 0 Å². The Morgan fingerprint density at radius 2 is 1.61 bits per heavy atom. The van der Waals surface area contributed by atoms with Crippen LogP contribution in [0.1, 0.15) is 44.4 Å². The highest BCUT2D eigenvalue weighted by Crippen LogP contribution is 2.31. The highest BCUT2D eigenvalue weighted by molar-refractivity contribution is 7.93. The summed E-state index contributed by atoms with van der Waals surface area (Å²) in [4.78, 5) is 2.42. The van der Waals surface area contributed by atoms with E-state index in [0.29, 0.717) is 12.2 Å². The minimum absolute atomic E-state index is 0.231. The Hall–Kier alpha value is -2.25. The molecule has 31 heavy (non-hydrogen) atoms. The summed E-state index contributed by atoms with van der Waals surface area (Å²) in [5.41, 5.74) is 6.58. The maximum Gasteiger partial charge on any atom is 0.235 e. The minimum Gasteiger partial charge on any atom is -0.381 e. The Bertz CT molecular complexity index is 993. The lowest BCUT2D eigenvalue weighted by Crippen LogP contribution is -2.45. The third kappa shape index (κ3) is 5.71. The third-order valence-corrected chi connectivity index (χ3v) is 7.60. The summed E-state index contributed by atoms with van der Waals surface area (Å²) >= 11 is 0. The summed E-state index contributed by atoms with van der Waals surface area (Å²) in [6.07, 6.45) is 0.462. The number of hydrogen-bond donors (Lipinski definition) is 2. The molecule has 2 aromatic rings. The van der Waals surface area contributed by atoms with Crippen LogP contribution in [0.2, 0.25) is 0 Å². The van der Waals surface area contributed by atoms with Gasteiger partial charge >= 0.3 is 0 Å². The van der Waals surface area contributed by atoms with Gasteiger partial charge in [-0.3, -0.25) is 4.72 Å². The van der Waals surface area contributed by atoms with Crippen molar-refractivity contribution in [3.05, 3.63) is 53.1 Å². The van der Waals surface area contributed by atoms with Gasteiger partial charge in [-0.2, -0.15) is 0 Å². The fourth-order valence-corrected chi connectivity index (χ4v) is 4.59. The van der Waals surface area contributed by atoms with Crippen LogP contribution in [-0.4, -0.2) is 39.0 Å². The maximum atomic E-state index is 12.0. The van der Waals surface area contributed by atoms with Crippen LogP contribution in [0.5, 0.6) is 0 Å². The molecule has 1 aliphatic rings. The normalized spacial score (nSPS) is 19.5. The molecule has 0 unspecified atom stereocenters. The zero-order valence-corrected chi connectivity index (χ0v) is 20.2. The molecule has 3 rings (SSSR count). The summed E-state index contributed by atoms with van der Waals surface area (Å²) in [6, 6.07) is 11.8. The Morgan fingerprint density at radius 3 is 2.19 bits per heavy atom. The Balaban J connectivity index is 1.66. The Labute approximate surface area is 187 Å². The minimum atomic E-state index is -3.33. The van der Waals surface area contributed by atoms with Crippen molar-refractivity contribution in [3.63, 3.8) is 0 Å². The molecule has 7 heteroatoms. The molecule has 1 fully saturated rings. The average molecular weight is 446 g/mol. The summed E-state index contributed by atoms with van der Waals surface area (Å²) in [5.74, 6) is 0. The monoisotopic (exact) mass is 445 g/mol. The van der Waals surface area contributed by atoms with Crippen molar-refractivity contribution in [2.45, 2.75) is 65.5 Å². The van der Waals surface area contributed by atoms with E-state index in [1.165, 1.54) is 16.8 Å². The van der Waals surface area contributed by atoms with Gasteiger partial charge in [-0.25, -0.2) is 8.42 Å². The van der Waals surface area contributed by atoms with Gasteiger partial charge in [0.05, 0.1) is 17.5 Å². The van der Waals surface area contributed by atoms with E-state index in [1.54, 1.807) is 26.0 Å². The van der Waals surface area contributed by atoms with E-state index in [4.69, 9.17) is 4.74 Å². The summed E-state index contributed by atoms with van der Waals surface area (Å²) in [7, 11) is -3.33. The fraction of sp³-hybridized carbons (Fsp3) is 0.500. The first-order valence-electron chi connectivity index (χ1n) is 10.9. The molecule has 0 amide bonds. The Morgan fingerprint density at radius 1 is 1.00 bits per heavy atom. The Kier molecular flexibility index (Phi) is 7.17. The van der Waals surface area contributed by atoms with Crippen molar-refractivity contribution in [2.24, 2.45) is 0 Å². The zero-order valence-electron chi connectivity index (χ0n) is 19.4. The molecule has 2 atom stereocenters. The van der Waals surface area contributed by atoms with Crippen molar-refractivity contribution in [1.82, 2.24) is 0 Å². The second-order valence-electron chi connectivity index (χ2n) is 8.79. The van der Waals surface area contributed by atoms with Gasteiger partial charge in [0.1, 0.15) is 0 Å². The van der Waals surface area contributed by atoms with E-state index in [9.17, 15) is 8.42 Å². The van der Waals surface area contributed by atoms with Gasteiger partial charge in [0.15, 0.2) is 0 Å². The first-order valence-corrected chi connectivity index (χ1v) is 12.5. The molecule has 0 saturated carbocycles. The molecule has 1 saturated heterocycles. The molecule has 2 aromatic carbocycles. The SMILES string of the molecule is Cc1c(NCc2ccc(NS(=O)(=O)C(C)C)cc2)ccc(N2C[C@@H](C)O[C@@H](C)C2)c1C. The van der Waals surface area contributed by atoms with E-state index < -0.39 is 15.3 Å². The first kappa shape index (κ1) is 23.4. The van der Waals surface area contributed by atoms with Gasteiger partial charge in [-0.1, -0.05) is 12.1 Å². The van der Waals surface area contributed by atoms with Crippen molar-refractivity contribution < 1.29 is 13.2 Å². The predicted molar refractivity (Wildman–Crippen MR) is 130 cm³/mol. The number of nitrogens with one attached hydrogen (secondary N) is 2. The van der Waals surface area contributed by atoms with Crippen LogP contribution in [0.4, 0.5) is 17.1 Å². The molecule has 1 heterocycles. The fourth-order valence-electron chi connectivity index (χ4n) is 3.89. The van der Waals surface area contributed by atoms with Crippen LogP contribution in [0.25, 0.3) is 0 Å². The molecule has 0 aromatic heterocycles. The topological polar surface area (TPSA) is 70.7 Å². The third-order valence-electron chi connectivity index (χ3n) is 5.84. The second kappa shape index (κ2) is 9.49. The highest BCUT2D eigenvalue weighted by Gasteiger charge is 2.24. The van der Waals surface area contributed by atoms with Crippen LogP contribution in [0.3, 0.4) is 0 Å². The van der Waals surface area contributed by atoms with Gasteiger partial charge in [0.2, 0.25) is 10.0 Å². The van der Waals surface area contributed by atoms with E-state index in [2.05, 4.69) is 54.8 Å². The van der Waals surface area contributed by atoms with E-state index in [0.717, 1.165) is 24.3 Å². The molecule has 0 aliphatic carbocycles. The number of rotatable bonds is 7. The largest absolute Gasteiger partial charge is 0.381 e. The molecule has 6 nitrogen and oxygen atoms in total. The van der Waals surface area contributed by atoms with E-state index in [1.807, 2.05) is 12.1 Å². The predicted octanol–water partition coefficient (Wildman–Crippen LogP) is 4.68. The first-order chi connectivity index (χ1) is 14.6. The van der Waals surface area contributed by atoms with Gasteiger partial charge in [0.25, 0.3) is 0 Å². The van der Waals surface area contributed by atoms with Crippen LogP contribution in [0.15, 0.2) is 36.4 Å². The van der Waals surface area contributed by atoms with Crippen LogP contribution in [0, 0.1) is 13.8 Å². The van der Waals surface area contributed by atoms with Crippen molar-refractivity contribution in [1.29, 1.82) is 0 Å². The number of anilines is 3. The number of benzene rings is 2. The van der Waals surface area contributed by atoms with Crippen LogP contribution < -0.4 is 14.9 Å². The maximum absolute atomic E-state index is 12.0. The van der Waals surface area contributed by atoms with Crippen molar-refractivity contribution in [2.75, 3.05) is 28.0 Å². The standard InChI is InChI=1S/C24H35N3O3S/c1-16(2)31(28,29)26-22-9-7-21(8-10-22)13-25-23-11-12-24(20(6)19(23)5)27-14-17(3)30-18(4)15-27/h7-12,16-18,25-26H,13-15H2,1-6H3/t17-,18+. The number of sulfonamides is 1. The van der Waals surface area contributed by atoms with Gasteiger partial charge in [0, 0.05) is 36.7 Å². The second-order valence-corrected chi connectivity index (χ2v) is 11.0. The summed E-state index contributed by atoms with van der Waals surface area (Å²) in [6.45, 7) is 14.4. The quantitative estimate of drug-likeness (QED) is 0.648. The molecule has 0 bridgehead atoms. The summed E-state index contributed by atoms with van der Waals surface area (Å²) < 4.78 is 32.5. The smallest absolute Gasteiger partial charge is 0.235 e. The molecule has 1 aliphatic heterocycles. The van der Waals surface area contributed by atoms with Crippen molar-refractivity contribution in [3.8, 4) is 0 Å². The van der Waals surface area contributed by atoms with E-state index >= 15 is 0 Å². The molecule has 2 N–H and O–H groups in total. The lowest BCUT2D eigenvalue weighted by molar-refractivity contribution is -0.00524. The molecular weight excluding hydrogens is 410 g/mol. The molecular formula is C24H35N3O3S. The number of ether oxygens (including phenoxy) is 1. The zero-order chi connectivity index (χ0) is 22.8.